The number of carbonyl (C=O) groups excluding carboxylic acids is 1. The van der Waals surface area contributed by atoms with E-state index in [4.69, 9.17) is 0 Å². The zero-order chi connectivity index (χ0) is 16.6. The molecule has 5 heteroatoms. The van der Waals surface area contributed by atoms with Crippen LogP contribution in [0.2, 0.25) is 0 Å². The second-order valence-corrected chi connectivity index (χ2v) is 5.45. The van der Waals surface area contributed by atoms with E-state index in [0.717, 1.165) is 5.56 Å². The second-order valence-electron chi connectivity index (χ2n) is 5.45. The third-order valence-electron chi connectivity index (χ3n) is 3.73. The van der Waals surface area contributed by atoms with Gasteiger partial charge in [0.05, 0.1) is 0 Å². The second kappa shape index (κ2) is 5.68. The molecule has 0 bridgehead atoms. The number of amides is 1. The van der Waals surface area contributed by atoms with Crippen molar-refractivity contribution in [2.75, 3.05) is 5.32 Å². The van der Waals surface area contributed by atoms with Crippen molar-refractivity contribution in [3.8, 4) is 0 Å². The quantitative estimate of drug-likeness (QED) is 0.790. The molecule has 0 unspecified atom stereocenters. The van der Waals surface area contributed by atoms with Crippen LogP contribution in [-0.2, 0) is 7.05 Å². The van der Waals surface area contributed by atoms with E-state index in [9.17, 15) is 14.0 Å². The molecule has 1 amide bonds. The first-order valence-corrected chi connectivity index (χ1v) is 7.13. The number of nitrogens with one attached hydrogen (secondary N) is 1. The fourth-order valence-electron chi connectivity index (χ4n) is 2.46. The fraction of sp³-hybridized carbons (Fsp3) is 0.111. The number of nitrogens with zero attached hydrogens (tertiary/aromatic N) is 1. The number of fused-ring (bicyclic) bond motifs is 1. The van der Waals surface area contributed by atoms with Crippen LogP contribution in [0.5, 0.6) is 0 Å². The highest BCUT2D eigenvalue weighted by Gasteiger charge is 2.13. The van der Waals surface area contributed by atoms with Gasteiger partial charge in [0, 0.05) is 18.1 Å². The average Bonchev–Trinajstić information content (AvgIpc) is 2.53. The maximum absolute atomic E-state index is 12.9. The molecule has 0 fully saturated rings. The van der Waals surface area contributed by atoms with Gasteiger partial charge in [-0.25, -0.2) is 4.39 Å². The van der Waals surface area contributed by atoms with Crippen LogP contribution in [0.1, 0.15) is 16.1 Å². The number of pyridine rings is 1. The van der Waals surface area contributed by atoms with Gasteiger partial charge in [-0.1, -0.05) is 17.7 Å². The third-order valence-corrected chi connectivity index (χ3v) is 3.73. The first kappa shape index (κ1) is 15.0. The highest BCUT2D eigenvalue weighted by atomic mass is 19.1. The fourth-order valence-corrected chi connectivity index (χ4v) is 2.46. The molecule has 0 saturated heterocycles. The van der Waals surface area contributed by atoms with E-state index < -0.39 is 5.91 Å². The average molecular weight is 310 g/mol. The minimum absolute atomic E-state index is 0.226. The summed E-state index contributed by atoms with van der Waals surface area (Å²) in [6, 6.07) is 12.7. The number of hydrogen-bond acceptors (Lipinski definition) is 2. The number of halogens is 1. The number of aromatic nitrogens is 1. The standard InChI is InChI=1S/C18H15FN2O2/c1-11-3-4-12-10-16(21(2)18(23)15(12)9-11)17(22)20-14-7-5-13(19)6-8-14/h3-10H,1-2H3,(H,20,22). The Labute approximate surface area is 132 Å². The lowest BCUT2D eigenvalue weighted by atomic mass is 10.1. The van der Waals surface area contributed by atoms with Gasteiger partial charge < -0.3 is 9.88 Å². The molecule has 1 heterocycles. The van der Waals surface area contributed by atoms with Crippen molar-refractivity contribution in [1.29, 1.82) is 0 Å². The molecule has 0 aliphatic rings. The number of anilines is 1. The van der Waals surface area contributed by atoms with E-state index in [1.165, 1.54) is 28.8 Å². The Morgan fingerprint density at radius 3 is 2.48 bits per heavy atom. The molecule has 0 radical (unpaired) electrons. The highest BCUT2D eigenvalue weighted by Crippen LogP contribution is 2.15. The van der Waals surface area contributed by atoms with Gasteiger partial charge in [0.15, 0.2) is 0 Å². The van der Waals surface area contributed by atoms with Crippen molar-refractivity contribution in [2.45, 2.75) is 6.92 Å². The summed E-state index contributed by atoms with van der Waals surface area (Å²) in [4.78, 5) is 24.9. The molecule has 0 atom stereocenters. The maximum atomic E-state index is 12.9. The topological polar surface area (TPSA) is 51.1 Å². The van der Waals surface area contributed by atoms with Crippen LogP contribution < -0.4 is 10.9 Å². The van der Waals surface area contributed by atoms with Crippen LogP contribution in [0, 0.1) is 12.7 Å². The van der Waals surface area contributed by atoms with E-state index in [-0.39, 0.29) is 17.1 Å². The first-order valence-electron chi connectivity index (χ1n) is 7.13. The Morgan fingerprint density at radius 1 is 1.09 bits per heavy atom. The number of carbonyl (C=O) groups is 1. The largest absolute Gasteiger partial charge is 0.321 e. The summed E-state index contributed by atoms with van der Waals surface area (Å²) in [6.45, 7) is 1.91. The van der Waals surface area contributed by atoms with Crippen LogP contribution >= 0.6 is 0 Å². The molecule has 116 valence electrons. The lowest BCUT2D eigenvalue weighted by Crippen LogP contribution is -2.26. The van der Waals surface area contributed by atoms with Crippen molar-refractivity contribution in [1.82, 2.24) is 4.57 Å². The van der Waals surface area contributed by atoms with E-state index in [2.05, 4.69) is 5.32 Å². The van der Waals surface area contributed by atoms with Crippen molar-refractivity contribution < 1.29 is 9.18 Å². The minimum atomic E-state index is -0.418. The van der Waals surface area contributed by atoms with Crippen molar-refractivity contribution >= 4 is 22.4 Å². The molecule has 1 N–H and O–H groups in total. The number of hydrogen-bond donors (Lipinski definition) is 1. The smallest absolute Gasteiger partial charge is 0.272 e. The van der Waals surface area contributed by atoms with E-state index >= 15 is 0 Å². The van der Waals surface area contributed by atoms with Crippen molar-refractivity contribution in [3.63, 3.8) is 0 Å². The molecule has 23 heavy (non-hydrogen) atoms. The summed E-state index contributed by atoms with van der Waals surface area (Å²) in [5, 5.41) is 3.95. The summed E-state index contributed by atoms with van der Waals surface area (Å²) in [5.74, 6) is -0.796. The Balaban J connectivity index is 2.03. The van der Waals surface area contributed by atoms with Crippen molar-refractivity contribution in [2.24, 2.45) is 7.05 Å². The summed E-state index contributed by atoms with van der Waals surface area (Å²) in [5.41, 5.74) is 1.47. The SMILES string of the molecule is Cc1ccc2cc(C(=O)Nc3ccc(F)cc3)n(C)c(=O)c2c1. The molecule has 4 nitrogen and oxygen atoms in total. The van der Waals surface area contributed by atoms with Crippen LogP contribution in [0.3, 0.4) is 0 Å². The van der Waals surface area contributed by atoms with E-state index in [1.54, 1.807) is 19.2 Å². The Bertz CT molecular complexity index is 959. The molecule has 3 aromatic rings. The normalized spacial score (nSPS) is 10.7. The van der Waals surface area contributed by atoms with Crippen LogP contribution in [-0.4, -0.2) is 10.5 Å². The summed E-state index contributed by atoms with van der Waals surface area (Å²) in [7, 11) is 1.56. The van der Waals surface area contributed by atoms with Gasteiger partial charge in [-0.2, -0.15) is 0 Å². The predicted molar refractivity (Wildman–Crippen MR) is 88.3 cm³/mol. The zero-order valence-corrected chi connectivity index (χ0v) is 12.8. The Hall–Kier alpha value is -2.95. The van der Waals surface area contributed by atoms with Gasteiger partial charge in [0.25, 0.3) is 11.5 Å². The molecule has 0 aliphatic heterocycles. The third kappa shape index (κ3) is 2.85. The number of benzene rings is 2. The van der Waals surface area contributed by atoms with Crippen LogP contribution in [0.15, 0.2) is 53.3 Å². The Morgan fingerprint density at radius 2 is 1.78 bits per heavy atom. The van der Waals surface area contributed by atoms with Gasteiger partial charge in [-0.05, 0) is 48.7 Å². The van der Waals surface area contributed by atoms with Crippen LogP contribution in [0.4, 0.5) is 10.1 Å². The Kier molecular flexibility index (Phi) is 3.70. The highest BCUT2D eigenvalue weighted by molar-refractivity contribution is 6.05. The molecule has 2 aromatic carbocycles. The lowest BCUT2D eigenvalue weighted by molar-refractivity contribution is 0.101. The molecule has 3 rings (SSSR count). The van der Waals surface area contributed by atoms with E-state index in [0.29, 0.717) is 16.5 Å². The van der Waals surface area contributed by atoms with Crippen molar-refractivity contribution in [3.05, 3.63) is 76.0 Å². The predicted octanol–water partition coefficient (Wildman–Crippen LogP) is 3.24. The summed E-state index contributed by atoms with van der Waals surface area (Å²) >= 11 is 0. The number of aryl methyl sites for hydroxylation is 1. The van der Waals surface area contributed by atoms with E-state index in [1.807, 2.05) is 19.1 Å². The zero-order valence-electron chi connectivity index (χ0n) is 12.8. The van der Waals surface area contributed by atoms with Gasteiger partial charge in [-0.3, -0.25) is 9.59 Å². The van der Waals surface area contributed by atoms with Gasteiger partial charge >= 0.3 is 0 Å². The summed E-state index contributed by atoms with van der Waals surface area (Å²) < 4.78 is 14.2. The number of rotatable bonds is 2. The molecule has 0 spiro atoms. The molecule has 0 aliphatic carbocycles. The first-order chi connectivity index (χ1) is 11.0. The van der Waals surface area contributed by atoms with Gasteiger partial charge in [0.1, 0.15) is 11.5 Å². The molecular formula is C18H15FN2O2. The maximum Gasteiger partial charge on any atom is 0.272 e. The van der Waals surface area contributed by atoms with Gasteiger partial charge in [0.2, 0.25) is 0 Å². The monoisotopic (exact) mass is 310 g/mol. The lowest BCUT2D eigenvalue weighted by Gasteiger charge is -2.11. The molecule has 1 aromatic heterocycles. The van der Waals surface area contributed by atoms with Crippen LogP contribution in [0.25, 0.3) is 10.8 Å². The minimum Gasteiger partial charge on any atom is -0.321 e. The van der Waals surface area contributed by atoms with Gasteiger partial charge in [-0.15, -0.1) is 0 Å². The molecule has 0 saturated carbocycles. The molecular weight excluding hydrogens is 295 g/mol. The summed E-state index contributed by atoms with van der Waals surface area (Å²) in [6.07, 6.45) is 0.